The van der Waals surface area contributed by atoms with Crippen molar-refractivity contribution < 1.29 is 14.3 Å². The lowest BCUT2D eigenvalue weighted by Gasteiger charge is -2.34. The smallest absolute Gasteiger partial charge is 0.234 e. The number of amides is 1. The van der Waals surface area contributed by atoms with E-state index < -0.39 is 0 Å². The molecule has 2 aliphatic rings. The lowest BCUT2D eigenvalue weighted by molar-refractivity contribution is -0.123. The summed E-state index contributed by atoms with van der Waals surface area (Å²) in [5.41, 5.74) is 2.27. The Balaban J connectivity index is 1.22. The minimum Gasteiger partial charge on any atom is -0.454 e. The number of nitrogens with zero attached hydrogens (tertiary/aromatic N) is 2. The second-order valence-electron chi connectivity index (χ2n) is 7.58. The molecular weight excluding hydrogens is 390 g/mol. The zero-order valence-electron chi connectivity index (χ0n) is 16.6. The van der Waals surface area contributed by atoms with Gasteiger partial charge in [-0.05, 0) is 42.3 Å². The van der Waals surface area contributed by atoms with Gasteiger partial charge < -0.3 is 14.8 Å². The number of fused-ring (bicyclic) bond motifs is 1. The highest BCUT2D eigenvalue weighted by Gasteiger charge is 2.21. The number of ether oxygens (including phenoxy) is 2. The molecule has 2 aromatic rings. The number of carbonyl (C=O) groups excluding carboxylic acids is 1. The summed E-state index contributed by atoms with van der Waals surface area (Å²) in [5.74, 6) is 1.53. The van der Waals surface area contributed by atoms with Gasteiger partial charge in [-0.25, -0.2) is 0 Å². The molecule has 2 heterocycles. The van der Waals surface area contributed by atoms with Crippen molar-refractivity contribution in [1.82, 2.24) is 15.1 Å². The van der Waals surface area contributed by atoms with Crippen LogP contribution in [0.15, 0.2) is 42.5 Å². The third kappa shape index (κ3) is 5.21. The Kier molecular flexibility index (Phi) is 6.23. The first-order valence-corrected chi connectivity index (χ1v) is 10.3. The van der Waals surface area contributed by atoms with Gasteiger partial charge in [-0.15, -0.1) is 0 Å². The molecular formula is C22H26ClN3O3. The van der Waals surface area contributed by atoms with Crippen LogP contribution in [0, 0.1) is 0 Å². The highest BCUT2D eigenvalue weighted by molar-refractivity contribution is 6.30. The van der Waals surface area contributed by atoms with Gasteiger partial charge in [-0.1, -0.05) is 29.8 Å². The number of nitrogens with one attached hydrogen (secondary N) is 1. The first-order valence-electron chi connectivity index (χ1n) is 9.95. The van der Waals surface area contributed by atoms with Crippen LogP contribution in [-0.4, -0.2) is 55.2 Å². The lowest BCUT2D eigenvalue weighted by Crippen LogP contribution is -2.49. The summed E-state index contributed by atoms with van der Waals surface area (Å²) in [6.07, 6.45) is 0. The molecule has 1 atom stereocenters. The van der Waals surface area contributed by atoms with Crippen molar-refractivity contribution in [1.29, 1.82) is 0 Å². The molecule has 154 valence electrons. The van der Waals surface area contributed by atoms with E-state index >= 15 is 0 Å². The molecule has 1 N–H and O–H groups in total. The third-order valence-corrected chi connectivity index (χ3v) is 5.68. The monoisotopic (exact) mass is 415 g/mol. The SMILES string of the molecule is C[C@@H](NC(=O)CN1CCN(Cc2ccc(Cl)cc2)CC1)c1ccc2c(c1)OCO2. The Hall–Kier alpha value is -2.28. The van der Waals surface area contributed by atoms with E-state index in [4.69, 9.17) is 21.1 Å². The summed E-state index contributed by atoms with van der Waals surface area (Å²) in [6, 6.07) is 13.7. The number of benzene rings is 2. The molecule has 1 fully saturated rings. The van der Waals surface area contributed by atoms with E-state index in [1.807, 2.05) is 37.3 Å². The molecule has 0 bridgehead atoms. The Morgan fingerprint density at radius 3 is 2.48 bits per heavy atom. The van der Waals surface area contributed by atoms with E-state index in [9.17, 15) is 4.79 Å². The van der Waals surface area contributed by atoms with Crippen LogP contribution < -0.4 is 14.8 Å². The Morgan fingerprint density at radius 1 is 1.03 bits per heavy atom. The van der Waals surface area contributed by atoms with Gasteiger partial charge in [-0.2, -0.15) is 0 Å². The maximum atomic E-state index is 12.5. The van der Waals surface area contributed by atoms with E-state index in [1.54, 1.807) is 0 Å². The summed E-state index contributed by atoms with van der Waals surface area (Å²) in [6.45, 7) is 7.26. The van der Waals surface area contributed by atoms with Gasteiger partial charge in [-0.3, -0.25) is 14.6 Å². The van der Waals surface area contributed by atoms with Crippen LogP contribution >= 0.6 is 11.6 Å². The maximum absolute atomic E-state index is 12.5. The summed E-state index contributed by atoms with van der Waals surface area (Å²) in [5, 5.41) is 3.85. The topological polar surface area (TPSA) is 54.0 Å². The van der Waals surface area contributed by atoms with Crippen LogP contribution in [0.1, 0.15) is 24.1 Å². The molecule has 0 aliphatic carbocycles. The molecule has 4 rings (SSSR count). The fourth-order valence-electron chi connectivity index (χ4n) is 3.71. The quantitative estimate of drug-likeness (QED) is 0.785. The number of halogens is 1. The summed E-state index contributed by atoms with van der Waals surface area (Å²) < 4.78 is 10.8. The standard InChI is InChI=1S/C22H26ClN3O3/c1-16(18-4-7-20-21(12-18)29-15-28-20)24-22(27)14-26-10-8-25(9-11-26)13-17-2-5-19(23)6-3-17/h2-7,12,16H,8-11,13-15H2,1H3,(H,24,27)/t16-/m1/s1. The summed E-state index contributed by atoms with van der Waals surface area (Å²) in [7, 11) is 0. The molecule has 0 radical (unpaired) electrons. The average molecular weight is 416 g/mol. The van der Waals surface area contributed by atoms with Crippen LogP contribution in [0.2, 0.25) is 5.02 Å². The van der Waals surface area contributed by atoms with Crippen molar-refractivity contribution in [2.45, 2.75) is 19.5 Å². The fraction of sp³-hybridized carbons (Fsp3) is 0.409. The van der Waals surface area contributed by atoms with Crippen LogP contribution in [0.5, 0.6) is 11.5 Å². The molecule has 7 heteroatoms. The maximum Gasteiger partial charge on any atom is 0.234 e. The Morgan fingerprint density at radius 2 is 1.72 bits per heavy atom. The first-order chi connectivity index (χ1) is 14.1. The van der Waals surface area contributed by atoms with E-state index in [2.05, 4.69) is 27.2 Å². The van der Waals surface area contributed by atoms with Crippen LogP contribution in [-0.2, 0) is 11.3 Å². The van der Waals surface area contributed by atoms with E-state index in [1.165, 1.54) is 5.56 Å². The number of piperazine rings is 1. The van der Waals surface area contributed by atoms with Crippen molar-refractivity contribution in [3.63, 3.8) is 0 Å². The zero-order chi connectivity index (χ0) is 20.2. The van der Waals surface area contributed by atoms with Gasteiger partial charge in [0.2, 0.25) is 12.7 Å². The summed E-state index contributed by atoms with van der Waals surface area (Å²) in [4.78, 5) is 17.1. The summed E-state index contributed by atoms with van der Waals surface area (Å²) >= 11 is 5.95. The van der Waals surface area contributed by atoms with Gasteiger partial charge >= 0.3 is 0 Å². The van der Waals surface area contributed by atoms with Gasteiger partial charge in [0.05, 0.1) is 12.6 Å². The highest BCUT2D eigenvalue weighted by atomic mass is 35.5. The van der Waals surface area contributed by atoms with Crippen molar-refractivity contribution in [3.8, 4) is 11.5 Å². The molecule has 6 nitrogen and oxygen atoms in total. The van der Waals surface area contributed by atoms with Crippen molar-refractivity contribution in [3.05, 3.63) is 58.6 Å². The number of hydrogen-bond acceptors (Lipinski definition) is 5. The minimum absolute atomic E-state index is 0.0429. The second kappa shape index (κ2) is 9.03. The van der Waals surface area contributed by atoms with Gasteiger partial charge in [0.25, 0.3) is 0 Å². The molecule has 1 saturated heterocycles. The van der Waals surface area contributed by atoms with Gasteiger partial charge in [0.1, 0.15) is 0 Å². The molecule has 2 aliphatic heterocycles. The van der Waals surface area contributed by atoms with Crippen LogP contribution in [0.25, 0.3) is 0 Å². The highest BCUT2D eigenvalue weighted by Crippen LogP contribution is 2.34. The predicted molar refractivity (Wildman–Crippen MR) is 112 cm³/mol. The normalized spacial score (nSPS) is 17.9. The predicted octanol–water partition coefficient (Wildman–Crippen LogP) is 3.06. The molecule has 1 amide bonds. The van der Waals surface area contributed by atoms with Crippen molar-refractivity contribution in [2.24, 2.45) is 0 Å². The Bertz CT molecular complexity index is 851. The van der Waals surface area contributed by atoms with E-state index in [0.717, 1.165) is 54.8 Å². The number of hydrogen-bond donors (Lipinski definition) is 1. The molecule has 2 aromatic carbocycles. The van der Waals surface area contributed by atoms with Gasteiger partial charge in [0.15, 0.2) is 11.5 Å². The molecule has 0 spiro atoms. The molecule has 0 unspecified atom stereocenters. The van der Waals surface area contributed by atoms with E-state index in [-0.39, 0.29) is 18.7 Å². The second-order valence-corrected chi connectivity index (χ2v) is 8.02. The van der Waals surface area contributed by atoms with E-state index in [0.29, 0.717) is 6.54 Å². The Labute approximate surface area is 176 Å². The average Bonchev–Trinajstić information content (AvgIpc) is 3.19. The van der Waals surface area contributed by atoms with Crippen LogP contribution in [0.3, 0.4) is 0 Å². The molecule has 0 saturated carbocycles. The minimum atomic E-state index is -0.0804. The number of carbonyl (C=O) groups is 1. The van der Waals surface area contributed by atoms with Crippen molar-refractivity contribution in [2.75, 3.05) is 39.5 Å². The fourth-order valence-corrected chi connectivity index (χ4v) is 3.84. The number of rotatable bonds is 6. The molecule has 0 aromatic heterocycles. The van der Waals surface area contributed by atoms with Crippen molar-refractivity contribution >= 4 is 17.5 Å². The van der Waals surface area contributed by atoms with Gasteiger partial charge in [0, 0.05) is 37.7 Å². The largest absolute Gasteiger partial charge is 0.454 e. The first kappa shape index (κ1) is 20.0. The van der Waals surface area contributed by atoms with Crippen LogP contribution in [0.4, 0.5) is 0 Å². The lowest BCUT2D eigenvalue weighted by atomic mass is 10.1. The third-order valence-electron chi connectivity index (χ3n) is 5.43. The molecule has 29 heavy (non-hydrogen) atoms. The zero-order valence-corrected chi connectivity index (χ0v) is 17.3.